The number of hydrogen-bond donors (Lipinski definition) is 0. The molecule has 1 fully saturated rings. The second kappa shape index (κ2) is 12.5. The molecular formula is C25H46O7Si. The average molecular weight is 487 g/mol. The van der Waals surface area contributed by atoms with Gasteiger partial charge in [-0.05, 0) is 38.4 Å². The van der Waals surface area contributed by atoms with Crippen molar-refractivity contribution in [2.24, 2.45) is 0 Å². The smallest absolute Gasteiger partial charge is 0.336 e. The van der Waals surface area contributed by atoms with Crippen LogP contribution in [0.15, 0.2) is 11.6 Å². The van der Waals surface area contributed by atoms with Crippen LogP contribution in [0.4, 0.5) is 0 Å². The summed E-state index contributed by atoms with van der Waals surface area (Å²) in [7, 11) is 0.384. The number of esters is 2. The first-order chi connectivity index (χ1) is 15.2. The van der Waals surface area contributed by atoms with Gasteiger partial charge in [-0.25, -0.2) is 9.59 Å². The third kappa shape index (κ3) is 8.81. The first-order valence-electron chi connectivity index (χ1n) is 12.1. The zero-order chi connectivity index (χ0) is 25.4. The standard InChI is InChI=1S/C25H46O7Si/c1-11-12-13-14-15-16-19(32-33(9,10)24(2,3)4)22-21(30-25(5,6)31-22)18(23(27)29-8)17-20(26)28-7/h17,19,21-22H,11-16H2,1-10H3/t19-,21-,22-/m0/s1. The van der Waals surface area contributed by atoms with Gasteiger partial charge >= 0.3 is 11.9 Å². The quantitative estimate of drug-likeness (QED) is 0.155. The number of carbonyl (C=O) groups excluding carboxylic acids is 2. The van der Waals surface area contributed by atoms with Crippen LogP contribution >= 0.6 is 0 Å². The molecule has 8 heteroatoms. The molecule has 1 aliphatic rings. The Labute approximate surface area is 201 Å². The minimum absolute atomic E-state index is 0.00493. The highest BCUT2D eigenvalue weighted by Gasteiger charge is 2.51. The number of methoxy groups -OCH3 is 2. The van der Waals surface area contributed by atoms with Gasteiger partial charge in [-0.15, -0.1) is 0 Å². The van der Waals surface area contributed by atoms with E-state index in [9.17, 15) is 9.59 Å². The molecule has 0 unspecified atom stereocenters. The van der Waals surface area contributed by atoms with E-state index in [1.54, 1.807) is 13.8 Å². The second-order valence-corrected chi connectivity index (χ2v) is 15.5. The highest BCUT2D eigenvalue weighted by Crippen LogP contribution is 2.42. The summed E-state index contributed by atoms with van der Waals surface area (Å²) in [6.45, 7) is 16.8. The van der Waals surface area contributed by atoms with Gasteiger partial charge in [0.25, 0.3) is 0 Å². The van der Waals surface area contributed by atoms with Crippen LogP contribution in [-0.4, -0.2) is 58.6 Å². The SMILES string of the molecule is CCCCCCC[C@H](O[Si](C)(C)C(C)(C)C)[C@@H]1OC(C)(C)O[C@H]1C(=CC(=O)OC)C(=O)OC. The van der Waals surface area contributed by atoms with Crippen LogP contribution < -0.4 is 0 Å². The van der Waals surface area contributed by atoms with Gasteiger partial charge in [-0.3, -0.25) is 0 Å². The van der Waals surface area contributed by atoms with Crippen molar-refractivity contribution in [2.75, 3.05) is 14.2 Å². The average Bonchev–Trinajstić information content (AvgIpc) is 3.04. The lowest BCUT2D eigenvalue weighted by atomic mass is 9.96. The van der Waals surface area contributed by atoms with E-state index in [1.165, 1.54) is 33.5 Å². The zero-order valence-electron chi connectivity index (χ0n) is 22.4. The van der Waals surface area contributed by atoms with Crippen LogP contribution in [0.1, 0.15) is 80.1 Å². The number of hydrogen-bond acceptors (Lipinski definition) is 7. The minimum atomic E-state index is -2.16. The van der Waals surface area contributed by atoms with Gasteiger partial charge in [0.1, 0.15) is 12.2 Å². The Morgan fingerprint density at radius 1 is 1.03 bits per heavy atom. The second-order valence-electron chi connectivity index (χ2n) is 10.8. The normalized spacial score (nSPS) is 22.2. The first kappa shape index (κ1) is 29.8. The summed E-state index contributed by atoms with van der Waals surface area (Å²) < 4.78 is 29.1. The molecule has 0 amide bonds. The van der Waals surface area contributed by atoms with Crippen molar-refractivity contribution in [3.8, 4) is 0 Å². The Bertz CT molecular complexity index is 679. The summed E-state index contributed by atoms with van der Waals surface area (Å²) in [5, 5.41) is 0.00493. The van der Waals surface area contributed by atoms with Crippen LogP contribution in [0.3, 0.4) is 0 Å². The van der Waals surface area contributed by atoms with E-state index in [4.69, 9.17) is 23.4 Å². The minimum Gasteiger partial charge on any atom is -0.466 e. The molecule has 192 valence electrons. The number of rotatable bonds is 12. The molecule has 0 N–H and O–H groups in total. The molecule has 0 aromatic heterocycles. The summed E-state index contributed by atoms with van der Waals surface area (Å²) in [4.78, 5) is 24.7. The van der Waals surface area contributed by atoms with Crippen molar-refractivity contribution in [3.63, 3.8) is 0 Å². The topological polar surface area (TPSA) is 80.3 Å². The molecule has 1 aliphatic heterocycles. The summed E-state index contributed by atoms with van der Waals surface area (Å²) >= 11 is 0. The Morgan fingerprint density at radius 2 is 1.64 bits per heavy atom. The Balaban J connectivity index is 3.34. The summed E-state index contributed by atoms with van der Waals surface area (Å²) in [6.07, 6.45) is 5.92. The summed E-state index contributed by atoms with van der Waals surface area (Å²) in [5.74, 6) is -2.25. The van der Waals surface area contributed by atoms with Crippen molar-refractivity contribution < 1.29 is 33.0 Å². The van der Waals surface area contributed by atoms with Crippen LogP contribution in [0.2, 0.25) is 18.1 Å². The maximum absolute atomic E-state index is 12.6. The molecule has 0 aromatic carbocycles. The van der Waals surface area contributed by atoms with Crippen LogP contribution in [0.5, 0.6) is 0 Å². The summed E-state index contributed by atoms with van der Waals surface area (Å²) in [6, 6.07) is 0. The molecule has 1 rings (SSSR count). The molecule has 0 saturated carbocycles. The Morgan fingerprint density at radius 3 is 2.15 bits per heavy atom. The van der Waals surface area contributed by atoms with Gasteiger partial charge in [0.15, 0.2) is 14.1 Å². The highest BCUT2D eigenvalue weighted by molar-refractivity contribution is 6.74. The lowest BCUT2D eigenvalue weighted by Gasteiger charge is -2.41. The van der Waals surface area contributed by atoms with Crippen molar-refractivity contribution in [2.45, 2.75) is 122 Å². The van der Waals surface area contributed by atoms with E-state index >= 15 is 0 Å². The fourth-order valence-corrected chi connectivity index (χ4v) is 5.02. The molecule has 0 spiro atoms. The van der Waals surface area contributed by atoms with Crippen LogP contribution in [0, 0.1) is 0 Å². The van der Waals surface area contributed by atoms with Crippen molar-refractivity contribution in [3.05, 3.63) is 11.6 Å². The number of carbonyl (C=O) groups is 2. The van der Waals surface area contributed by atoms with Gasteiger partial charge in [0, 0.05) is 6.08 Å². The molecule has 0 radical (unpaired) electrons. The Kier molecular flexibility index (Phi) is 11.3. The van der Waals surface area contributed by atoms with Gasteiger partial charge in [0.05, 0.1) is 25.9 Å². The molecule has 0 aliphatic carbocycles. The Hall–Kier alpha value is -1.22. The predicted molar refractivity (Wildman–Crippen MR) is 131 cm³/mol. The van der Waals surface area contributed by atoms with Crippen LogP contribution in [0.25, 0.3) is 0 Å². The van der Waals surface area contributed by atoms with E-state index in [0.29, 0.717) is 0 Å². The van der Waals surface area contributed by atoms with E-state index in [1.807, 2.05) is 0 Å². The lowest BCUT2D eigenvalue weighted by Crippen LogP contribution is -2.50. The molecule has 0 aromatic rings. The third-order valence-corrected chi connectivity index (χ3v) is 11.0. The predicted octanol–water partition coefficient (Wildman–Crippen LogP) is 5.53. The van der Waals surface area contributed by atoms with E-state index in [2.05, 4.69) is 40.8 Å². The number of unbranched alkanes of at least 4 members (excludes halogenated alkanes) is 4. The highest BCUT2D eigenvalue weighted by atomic mass is 28.4. The maximum Gasteiger partial charge on any atom is 0.336 e. The monoisotopic (exact) mass is 486 g/mol. The van der Waals surface area contributed by atoms with Crippen molar-refractivity contribution >= 4 is 20.3 Å². The largest absolute Gasteiger partial charge is 0.466 e. The maximum atomic E-state index is 12.6. The fourth-order valence-electron chi connectivity index (χ4n) is 3.66. The van der Waals surface area contributed by atoms with Crippen molar-refractivity contribution in [1.82, 2.24) is 0 Å². The molecule has 0 bridgehead atoms. The lowest BCUT2D eigenvalue weighted by molar-refractivity contribution is -0.154. The van der Waals surface area contributed by atoms with Gasteiger partial charge < -0.3 is 23.4 Å². The molecular weight excluding hydrogens is 440 g/mol. The van der Waals surface area contributed by atoms with E-state index < -0.39 is 38.3 Å². The van der Waals surface area contributed by atoms with Crippen molar-refractivity contribution in [1.29, 1.82) is 0 Å². The van der Waals surface area contributed by atoms with Gasteiger partial charge in [-0.2, -0.15) is 0 Å². The van der Waals surface area contributed by atoms with Gasteiger partial charge in [0.2, 0.25) is 0 Å². The zero-order valence-corrected chi connectivity index (χ0v) is 23.4. The number of ether oxygens (including phenoxy) is 4. The molecule has 1 heterocycles. The van der Waals surface area contributed by atoms with Gasteiger partial charge in [-0.1, -0.05) is 59.8 Å². The molecule has 7 nitrogen and oxygen atoms in total. The third-order valence-electron chi connectivity index (χ3n) is 6.54. The molecule has 3 atom stereocenters. The summed E-state index contributed by atoms with van der Waals surface area (Å²) in [5.41, 5.74) is 0.0785. The fraction of sp³-hybridized carbons (Fsp3) is 0.840. The molecule has 33 heavy (non-hydrogen) atoms. The van der Waals surface area contributed by atoms with E-state index in [0.717, 1.165) is 25.3 Å². The van der Waals surface area contributed by atoms with Crippen LogP contribution in [-0.2, 0) is 33.0 Å². The first-order valence-corrected chi connectivity index (χ1v) is 15.0. The van der Waals surface area contributed by atoms with E-state index in [-0.39, 0.29) is 16.7 Å². The molecule has 1 saturated heterocycles.